The summed E-state index contributed by atoms with van der Waals surface area (Å²) >= 11 is 0. The molecule has 1 amide bonds. The summed E-state index contributed by atoms with van der Waals surface area (Å²) in [5.41, 5.74) is 3.35. The molecule has 0 saturated heterocycles. The number of benzene rings is 2. The van der Waals surface area contributed by atoms with Crippen molar-refractivity contribution in [2.24, 2.45) is 0 Å². The second-order valence-electron chi connectivity index (χ2n) is 6.14. The standard InChI is InChI=1S/C20H17N3O2/c1-13(24)21-16-7-8-17-18(12-16)22-19-15(9-10-23(19)20(17)25)11-14-5-3-2-4-6-14/h2-8,11-12H,9-10H2,1H3,(H,21,24). The maximum absolute atomic E-state index is 12.8. The highest BCUT2D eigenvalue weighted by molar-refractivity contribution is 5.92. The van der Waals surface area contributed by atoms with Crippen LogP contribution in [0, 0.1) is 0 Å². The summed E-state index contributed by atoms with van der Waals surface area (Å²) in [6, 6.07) is 15.2. The smallest absolute Gasteiger partial charge is 0.261 e. The lowest BCUT2D eigenvalue weighted by molar-refractivity contribution is -0.114. The Morgan fingerprint density at radius 3 is 2.76 bits per heavy atom. The lowest BCUT2D eigenvalue weighted by Crippen LogP contribution is -2.20. The van der Waals surface area contributed by atoms with Crippen molar-refractivity contribution in [2.45, 2.75) is 19.9 Å². The predicted octanol–water partition coefficient (Wildman–Crippen LogP) is 3.30. The number of amides is 1. The van der Waals surface area contributed by atoms with Crippen molar-refractivity contribution in [2.75, 3.05) is 5.32 Å². The number of rotatable bonds is 2. The summed E-state index contributed by atoms with van der Waals surface area (Å²) in [7, 11) is 0. The minimum absolute atomic E-state index is 0.0363. The van der Waals surface area contributed by atoms with Gasteiger partial charge in [0.2, 0.25) is 5.91 Å². The summed E-state index contributed by atoms with van der Waals surface area (Å²) in [6.45, 7) is 2.10. The molecule has 1 aromatic heterocycles. The molecule has 0 unspecified atom stereocenters. The number of aromatic nitrogens is 2. The van der Waals surface area contributed by atoms with E-state index in [9.17, 15) is 9.59 Å². The van der Waals surface area contributed by atoms with Gasteiger partial charge in [-0.15, -0.1) is 0 Å². The van der Waals surface area contributed by atoms with E-state index < -0.39 is 0 Å². The van der Waals surface area contributed by atoms with Crippen LogP contribution in [0.1, 0.15) is 24.7 Å². The second kappa shape index (κ2) is 6.02. The first-order valence-electron chi connectivity index (χ1n) is 8.20. The van der Waals surface area contributed by atoms with Crippen molar-refractivity contribution in [1.29, 1.82) is 0 Å². The monoisotopic (exact) mass is 331 g/mol. The molecule has 124 valence electrons. The molecule has 1 aliphatic rings. The maximum atomic E-state index is 12.8. The molecule has 25 heavy (non-hydrogen) atoms. The van der Waals surface area contributed by atoms with Gasteiger partial charge in [0, 0.05) is 19.2 Å². The number of hydrogen-bond acceptors (Lipinski definition) is 3. The fraction of sp³-hybridized carbons (Fsp3) is 0.150. The zero-order valence-electron chi connectivity index (χ0n) is 13.8. The Balaban J connectivity index is 1.86. The van der Waals surface area contributed by atoms with E-state index in [0.717, 1.165) is 17.6 Å². The summed E-state index contributed by atoms with van der Waals surface area (Å²) in [6.07, 6.45) is 2.86. The third-order valence-electron chi connectivity index (χ3n) is 4.31. The number of hydrogen-bond donors (Lipinski definition) is 1. The zero-order valence-corrected chi connectivity index (χ0v) is 13.8. The van der Waals surface area contributed by atoms with Gasteiger partial charge in [0.15, 0.2) is 0 Å². The van der Waals surface area contributed by atoms with Crippen LogP contribution in [-0.4, -0.2) is 15.5 Å². The van der Waals surface area contributed by atoms with E-state index in [-0.39, 0.29) is 11.5 Å². The summed E-state index contributed by atoms with van der Waals surface area (Å²) < 4.78 is 1.73. The molecule has 1 aliphatic heterocycles. The molecular formula is C20H17N3O2. The number of allylic oxidation sites excluding steroid dienone is 1. The number of nitrogens with zero attached hydrogens (tertiary/aromatic N) is 2. The number of carbonyl (C=O) groups is 1. The Kier molecular flexibility index (Phi) is 3.69. The molecular weight excluding hydrogens is 314 g/mol. The highest BCUT2D eigenvalue weighted by atomic mass is 16.1. The van der Waals surface area contributed by atoms with Gasteiger partial charge in [-0.1, -0.05) is 30.3 Å². The van der Waals surface area contributed by atoms with Gasteiger partial charge in [0.05, 0.1) is 10.9 Å². The van der Waals surface area contributed by atoms with Crippen LogP contribution in [0.3, 0.4) is 0 Å². The predicted molar refractivity (Wildman–Crippen MR) is 99.2 cm³/mol. The van der Waals surface area contributed by atoms with Crippen LogP contribution in [0.25, 0.3) is 22.6 Å². The first-order valence-corrected chi connectivity index (χ1v) is 8.20. The number of nitrogens with one attached hydrogen (secondary N) is 1. The molecule has 0 fully saturated rings. The minimum Gasteiger partial charge on any atom is -0.326 e. The molecule has 5 nitrogen and oxygen atoms in total. The van der Waals surface area contributed by atoms with Gasteiger partial charge in [-0.25, -0.2) is 4.98 Å². The molecule has 0 spiro atoms. The molecule has 0 radical (unpaired) electrons. The number of fused-ring (bicyclic) bond motifs is 2. The third kappa shape index (κ3) is 2.85. The summed E-state index contributed by atoms with van der Waals surface area (Å²) in [5, 5.41) is 3.30. The summed E-state index contributed by atoms with van der Waals surface area (Å²) in [4.78, 5) is 28.7. The van der Waals surface area contributed by atoms with Crippen LogP contribution >= 0.6 is 0 Å². The molecule has 0 aliphatic carbocycles. The van der Waals surface area contributed by atoms with Gasteiger partial charge in [-0.05, 0) is 41.8 Å². The highest BCUT2D eigenvalue weighted by Crippen LogP contribution is 2.28. The van der Waals surface area contributed by atoms with E-state index in [2.05, 4.69) is 11.4 Å². The molecule has 2 aromatic carbocycles. The second-order valence-corrected chi connectivity index (χ2v) is 6.14. The topological polar surface area (TPSA) is 64.0 Å². The first kappa shape index (κ1) is 15.3. The first-order chi connectivity index (χ1) is 12.1. The van der Waals surface area contributed by atoms with Crippen molar-refractivity contribution in [3.05, 3.63) is 70.3 Å². The molecule has 1 N–H and O–H groups in total. The summed E-state index contributed by atoms with van der Waals surface area (Å²) in [5.74, 6) is 0.559. The average Bonchev–Trinajstić information content (AvgIpc) is 2.98. The van der Waals surface area contributed by atoms with Crippen LogP contribution in [0.2, 0.25) is 0 Å². The van der Waals surface area contributed by atoms with Gasteiger partial charge in [0.1, 0.15) is 5.82 Å². The SMILES string of the molecule is CC(=O)Nc1ccc2c(=O)n3c(nc2c1)C(=Cc1ccccc1)CC3. The molecule has 4 rings (SSSR count). The normalized spacial score (nSPS) is 14.7. The highest BCUT2D eigenvalue weighted by Gasteiger charge is 2.21. The van der Waals surface area contributed by atoms with Crippen molar-refractivity contribution >= 4 is 34.1 Å². The van der Waals surface area contributed by atoms with Crippen LogP contribution in [0.15, 0.2) is 53.3 Å². The van der Waals surface area contributed by atoms with E-state index >= 15 is 0 Å². The maximum Gasteiger partial charge on any atom is 0.261 e. The minimum atomic E-state index is -0.151. The van der Waals surface area contributed by atoms with Crippen molar-refractivity contribution < 1.29 is 4.79 Å². The largest absolute Gasteiger partial charge is 0.326 e. The Bertz CT molecular complexity index is 1070. The molecule has 0 saturated carbocycles. The van der Waals surface area contributed by atoms with Gasteiger partial charge < -0.3 is 5.32 Å². The fourth-order valence-electron chi connectivity index (χ4n) is 3.19. The van der Waals surface area contributed by atoms with E-state index in [1.807, 2.05) is 30.3 Å². The Hall–Kier alpha value is -3.21. The Labute approximate surface area is 144 Å². The van der Waals surface area contributed by atoms with Gasteiger partial charge in [0.25, 0.3) is 5.56 Å². The zero-order chi connectivity index (χ0) is 17.4. The van der Waals surface area contributed by atoms with E-state index in [1.54, 1.807) is 22.8 Å². The molecule has 0 bridgehead atoms. The van der Waals surface area contributed by atoms with Crippen molar-refractivity contribution in [3.63, 3.8) is 0 Å². The third-order valence-corrected chi connectivity index (χ3v) is 4.31. The van der Waals surface area contributed by atoms with Crippen molar-refractivity contribution in [3.8, 4) is 0 Å². The fourth-order valence-corrected chi connectivity index (χ4v) is 3.19. The lowest BCUT2D eigenvalue weighted by atomic mass is 10.1. The van der Waals surface area contributed by atoms with E-state index in [1.165, 1.54) is 6.92 Å². The molecule has 3 aromatic rings. The molecule has 5 heteroatoms. The van der Waals surface area contributed by atoms with Crippen LogP contribution in [-0.2, 0) is 11.3 Å². The number of anilines is 1. The van der Waals surface area contributed by atoms with E-state index in [4.69, 9.17) is 4.98 Å². The van der Waals surface area contributed by atoms with Gasteiger partial charge in [-0.2, -0.15) is 0 Å². The van der Waals surface area contributed by atoms with Gasteiger partial charge >= 0.3 is 0 Å². The van der Waals surface area contributed by atoms with Crippen molar-refractivity contribution in [1.82, 2.24) is 9.55 Å². The molecule has 2 heterocycles. The Morgan fingerprint density at radius 2 is 2.00 bits per heavy atom. The van der Waals surface area contributed by atoms with Gasteiger partial charge in [-0.3, -0.25) is 14.2 Å². The van der Waals surface area contributed by atoms with Crippen LogP contribution < -0.4 is 10.9 Å². The molecule has 0 atom stereocenters. The number of carbonyl (C=O) groups excluding carboxylic acids is 1. The van der Waals surface area contributed by atoms with Crippen LogP contribution in [0.4, 0.5) is 5.69 Å². The lowest BCUT2D eigenvalue weighted by Gasteiger charge is -2.08. The Morgan fingerprint density at radius 1 is 1.20 bits per heavy atom. The average molecular weight is 331 g/mol. The van der Waals surface area contributed by atoms with Crippen LogP contribution in [0.5, 0.6) is 0 Å². The van der Waals surface area contributed by atoms with E-state index in [0.29, 0.717) is 29.0 Å². The quantitative estimate of drug-likeness (QED) is 0.783.